The predicted octanol–water partition coefficient (Wildman–Crippen LogP) is 1.74. The second-order valence-corrected chi connectivity index (χ2v) is 9.35. The van der Waals surface area contributed by atoms with Crippen molar-refractivity contribution >= 4 is 15.7 Å². The van der Waals surface area contributed by atoms with E-state index < -0.39 is 9.84 Å². The molecule has 1 fully saturated rings. The molecule has 2 unspecified atom stereocenters. The summed E-state index contributed by atoms with van der Waals surface area (Å²) in [5, 5.41) is 0. The number of sulfone groups is 1. The summed E-state index contributed by atoms with van der Waals surface area (Å²) in [6, 6.07) is 4.50. The van der Waals surface area contributed by atoms with Gasteiger partial charge >= 0.3 is 0 Å². The Hall–Kier alpha value is -1.80. The van der Waals surface area contributed by atoms with Crippen molar-refractivity contribution < 1.29 is 22.7 Å². The van der Waals surface area contributed by atoms with E-state index in [-0.39, 0.29) is 35.1 Å². The average Bonchev–Trinajstić information content (AvgIpc) is 2.91. The first-order chi connectivity index (χ1) is 12.9. The van der Waals surface area contributed by atoms with Gasteiger partial charge in [0.2, 0.25) is 5.91 Å². The predicted molar refractivity (Wildman–Crippen MR) is 102 cm³/mol. The monoisotopic (exact) mass is 396 g/mol. The lowest BCUT2D eigenvalue weighted by atomic mass is 9.96. The third kappa shape index (κ3) is 4.73. The number of likely N-dealkylation sites (tertiary alicyclic amines) is 1. The molecule has 0 aromatic heterocycles. The summed E-state index contributed by atoms with van der Waals surface area (Å²) >= 11 is 0. The molecule has 0 radical (unpaired) electrons. The zero-order chi connectivity index (χ0) is 19.4. The van der Waals surface area contributed by atoms with E-state index in [1.54, 1.807) is 11.0 Å². The SMILES string of the molecule is CC(N)C1CCCCN1C(=O)CCS(=O)(=O)c1ccc2c(c1)OCCCO2. The van der Waals surface area contributed by atoms with Gasteiger partial charge in [-0.1, -0.05) is 0 Å². The highest BCUT2D eigenvalue weighted by molar-refractivity contribution is 7.91. The van der Waals surface area contributed by atoms with Gasteiger partial charge in [0.1, 0.15) is 0 Å². The molecule has 2 atom stereocenters. The van der Waals surface area contributed by atoms with Gasteiger partial charge in [-0.15, -0.1) is 0 Å². The minimum absolute atomic E-state index is 0.00741. The van der Waals surface area contributed by atoms with Crippen LogP contribution in [0.15, 0.2) is 23.1 Å². The van der Waals surface area contributed by atoms with E-state index in [0.717, 1.165) is 25.7 Å². The van der Waals surface area contributed by atoms with E-state index in [4.69, 9.17) is 15.2 Å². The number of fused-ring (bicyclic) bond motifs is 1. The molecule has 2 aliphatic rings. The zero-order valence-electron chi connectivity index (χ0n) is 15.7. The molecule has 0 aliphatic carbocycles. The summed E-state index contributed by atoms with van der Waals surface area (Å²) in [6.45, 7) is 3.58. The van der Waals surface area contributed by atoms with Crippen molar-refractivity contribution in [2.75, 3.05) is 25.5 Å². The third-order valence-corrected chi connectivity index (χ3v) is 6.85. The van der Waals surface area contributed by atoms with Gasteiger partial charge in [-0.25, -0.2) is 8.42 Å². The van der Waals surface area contributed by atoms with E-state index in [2.05, 4.69) is 0 Å². The van der Waals surface area contributed by atoms with E-state index in [1.165, 1.54) is 12.1 Å². The molecular weight excluding hydrogens is 368 g/mol. The Labute approximate surface area is 160 Å². The molecule has 1 aromatic carbocycles. The lowest BCUT2D eigenvalue weighted by Gasteiger charge is -2.38. The third-order valence-electron chi connectivity index (χ3n) is 5.14. The van der Waals surface area contributed by atoms with Crippen LogP contribution < -0.4 is 15.2 Å². The zero-order valence-corrected chi connectivity index (χ0v) is 16.5. The Morgan fingerprint density at radius 1 is 1.22 bits per heavy atom. The van der Waals surface area contributed by atoms with Gasteiger partial charge in [0.05, 0.1) is 23.9 Å². The topological polar surface area (TPSA) is 98.9 Å². The fourth-order valence-corrected chi connectivity index (χ4v) is 4.87. The molecule has 8 heteroatoms. The van der Waals surface area contributed by atoms with Crippen molar-refractivity contribution in [1.82, 2.24) is 4.90 Å². The Morgan fingerprint density at radius 3 is 2.70 bits per heavy atom. The van der Waals surface area contributed by atoms with Crippen LogP contribution in [-0.2, 0) is 14.6 Å². The quantitative estimate of drug-likeness (QED) is 0.814. The molecule has 150 valence electrons. The first-order valence-electron chi connectivity index (χ1n) is 9.56. The standard InChI is InChI=1S/C19H28N2O5S/c1-14(20)16-5-2-3-9-21(16)19(22)8-12-27(23,24)15-6-7-17-18(13-15)26-11-4-10-25-17/h6-7,13-14,16H,2-5,8-12,20H2,1H3. The summed E-state index contributed by atoms with van der Waals surface area (Å²) in [5.74, 6) is 0.617. The Bertz CT molecular complexity index is 778. The Balaban J connectivity index is 1.67. The maximum atomic E-state index is 12.7. The number of carbonyl (C=O) groups is 1. The molecular formula is C19H28N2O5S. The van der Waals surface area contributed by atoms with Crippen LogP contribution in [0.2, 0.25) is 0 Å². The van der Waals surface area contributed by atoms with Crippen LogP contribution in [0.25, 0.3) is 0 Å². The van der Waals surface area contributed by atoms with E-state index >= 15 is 0 Å². The number of nitrogens with zero attached hydrogens (tertiary/aromatic N) is 1. The molecule has 2 heterocycles. The lowest BCUT2D eigenvalue weighted by Crippen LogP contribution is -2.51. The molecule has 0 spiro atoms. The number of benzene rings is 1. The van der Waals surface area contributed by atoms with Crippen molar-refractivity contribution in [2.24, 2.45) is 5.73 Å². The number of amides is 1. The molecule has 0 bridgehead atoms. The number of piperidine rings is 1. The van der Waals surface area contributed by atoms with Crippen LogP contribution in [0.4, 0.5) is 0 Å². The van der Waals surface area contributed by atoms with Gasteiger partial charge < -0.3 is 20.1 Å². The highest BCUT2D eigenvalue weighted by atomic mass is 32.2. The van der Waals surface area contributed by atoms with Gasteiger partial charge in [-0.3, -0.25) is 4.79 Å². The molecule has 0 saturated carbocycles. The van der Waals surface area contributed by atoms with Crippen molar-refractivity contribution in [2.45, 2.75) is 56.0 Å². The smallest absolute Gasteiger partial charge is 0.223 e. The second-order valence-electron chi connectivity index (χ2n) is 7.24. The summed E-state index contributed by atoms with van der Waals surface area (Å²) in [4.78, 5) is 14.5. The number of hydrogen-bond donors (Lipinski definition) is 1. The highest BCUT2D eigenvalue weighted by Crippen LogP contribution is 2.32. The maximum absolute atomic E-state index is 12.7. The van der Waals surface area contributed by atoms with Crippen molar-refractivity contribution in [1.29, 1.82) is 0 Å². The van der Waals surface area contributed by atoms with Crippen molar-refractivity contribution in [3.63, 3.8) is 0 Å². The molecule has 1 saturated heterocycles. The normalized spacial score (nSPS) is 21.4. The second kappa shape index (κ2) is 8.48. The Kier molecular flexibility index (Phi) is 6.26. The van der Waals surface area contributed by atoms with E-state index in [1.807, 2.05) is 6.92 Å². The number of hydrogen-bond acceptors (Lipinski definition) is 6. The number of ether oxygens (including phenoxy) is 2. The van der Waals surface area contributed by atoms with Gasteiger partial charge in [0.25, 0.3) is 0 Å². The molecule has 2 aliphatic heterocycles. The van der Waals surface area contributed by atoms with E-state index in [0.29, 0.717) is 31.3 Å². The van der Waals surface area contributed by atoms with Crippen LogP contribution in [0.3, 0.4) is 0 Å². The van der Waals surface area contributed by atoms with Gasteiger partial charge in [0, 0.05) is 37.5 Å². The van der Waals surface area contributed by atoms with Gasteiger partial charge in [-0.05, 0) is 38.3 Å². The van der Waals surface area contributed by atoms with Crippen LogP contribution in [-0.4, -0.2) is 56.8 Å². The summed E-state index contributed by atoms with van der Waals surface area (Å²) in [6.07, 6.45) is 3.56. The average molecular weight is 397 g/mol. The van der Waals surface area contributed by atoms with Crippen molar-refractivity contribution in [3.8, 4) is 11.5 Å². The number of rotatable bonds is 5. The molecule has 7 nitrogen and oxygen atoms in total. The summed E-state index contributed by atoms with van der Waals surface area (Å²) < 4.78 is 36.5. The minimum atomic E-state index is -3.59. The highest BCUT2D eigenvalue weighted by Gasteiger charge is 2.30. The molecule has 3 rings (SSSR count). The molecule has 2 N–H and O–H groups in total. The van der Waals surface area contributed by atoms with Crippen molar-refractivity contribution in [3.05, 3.63) is 18.2 Å². The lowest BCUT2D eigenvalue weighted by molar-refractivity contribution is -0.134. The van der Waals surface area contributed by atoms with E-state index in [9.17, 15) is 13.2 Å². The number of nitrogens with two attached hydrogens (primary N) is 1. The van der Waals surface area contributed by atoms with Gasteiger partial charge in [-0.2, -0.15) is 0 Å². The number of carbonyl (C=O) groups excluding carboxylic acids is 1. The van der Waals surface area contributed by atoms with Crippen LogP contribution in [0.5, 0.6) is 11.5 Å². The van der Waals surface area contributed by atoms with Crippen LogP contribution in [0.1, 0.15) is 39.0 Å². The molecule has 1 amide bonds. The van der Waals surface area contributed by atoms with Crippen LogP contribution >= 0.6 is 0 Å². The molecule has 1 aromatic rings. The molecule has 27 heavy (non-hydrogen) atoms. The first kappa shape index (κ1) is 19.9. The van der Waals surface area contributed by atoms with Gasteiger partial charge in [0.15, 0.2) is 21.3 Å². The minimum Gasteiger partial charge on any atom is -0.490 e. The fourth-order valence-electron chi connectivity index (χ4n) is 3.63. The first-order valence-corrected chi connectivity index (χ1v) is 11.2. The maximum Gasteiger partial charge on any atom is 0.223 e. The summed E-state index contributed by atoms with van der Waals surface area (Å²) in [5.41, 5.74) is 6.01. The summed E-state index contributed by atoms with van der Waals surface area (Å²) in [7, 11) is -3.59. The Morgan fingerprint density at radius 2 is 1.96 bits per heavy atom. The van der Waals surface area contributed by atoms with Crippen LogP contribution in [0, 0.1) is 0 Å². The fraction of sp³-hybridized carbons (Fsp3) is 0.632. The largest absolute Gasteiger partial charge is 0.490 e.